The van der Waals surface area contributed by atoms with Crippen LogP contribution in [0.1, 0.15) is 30.0 Å². The molecule has 1 aromatic carbocycles. The summed E-state index contributed by atoms with van der Waals surface area (Å²) in [4.78, 5) is 0. The van der Waals surface area contributed by atoms with Gasteiger partial charge in [0, 0.05) is 9.61 Å². The molecule has 0 bridgehead atoms. The molecule has 0 fully saturated rings. The van der Waals surface area contributed by atoms with Crippen molar-refractivity contribution in [2.45, 2.75) is 25.3 Å². The Kier molecular flexibility index (Phi) is 2.55. The minimum atomic E-state index is -0.142. The zero-order valence-corrected chi connectivity index (χ0v) is 9.34. The SMILES string of the molecule is N[C@@H]1CCCc2cc(I)c(F)cc21. The molecule has 2 N–H and O–H groups in total. The Balaban J connectivity index is 2.52. The molecule has 0 heterocycles. The molecule has 0 spiro atoms. The molecule has 70 valence electrons. The third-order valence-corrected chi connectivity index (χ3v) is 3.37. The second-order valence-corrected chi connectivity index (χ2v) is 4.63. The average molecular weight is 291 g/mol. The van der Waals surface area contributed by atoms with Crippen LogP contribution in [0.2, 0.25) is 0 Å². The largest absolute Gasteiger partial charge is 0.324 e. The Morgan fingerprint density at radius 1 is 1.46 bits per heavy atom. The standard InChI is InChI=1S/C10H11FIN/c11-8-5-7-6(4-9(8)12)2-1-3-10(7)13/h4-5,10H,1-3,13H2/t10-/m1/s1. The minimum Gasteiger partial charge on any atom is -0.324 e. The lowest BCUT2D eigenvalue weighted by Gasteiger charge is -2.22. The molecule has 0 aromatic heterocycles. The fraction of sp³-hybridized carbons (Fsp3) is 0.400. The number of hydrogen-bond donors (Lipinski definition) is 1. The molecule has 0 aliphatic heterocycles. The van der Waals surface area contributed by atoms with E-state index in [2.05, 4.69) is 0 Å². The highest BCUT2D eigenvalue weighted by molar-refractivity contribution is 14.1. The van der Waals surface area contributed by atoms with Crippen LogP contribution in [0.3, 0.4) is 0 Å². The second kappa shape index (κ2) is 3.53. The third kappa shape index (κ3) is 1.72. The smallest absolute Gasteiger partial charge is 0.136 e. The van der Waals surface area contributed by atoms with Gasteiger partial charge in [0.05, 0.1) is 0 Å². The van der Waals surface area contributed by atoms with E-state index in [1.807, 2.05) is 28.7 Å². The maximum Gasteiger partial charge on any atom is 0.136 e. The van der Waals surface area contributed by atoms with Crippen molar-refractivity contribution in [2.75, 3.05) is 0 Å². The van der Waals surface area contributed by atoms with E-state index in [1.54, 1.807) is 6.07 Å². The molecule has 1 nitrogen and oxygen atoms in total. The predicted molar refractivity (Wildman–Crippen MR) is 59.0 cm³/mol. The second-order valence-electron chi connectivity index (χ2n) is 3.46. The van der Waals surface area contributed by atoms with Crippen LogP contribution in [0.4, 0.5) is 4.39 Å². The van der Waals surface area contributed by atoms with Gasteiger partial charge in [-0.1, -0.05) is 0 Å². The number of aryl methyl sites for hydroxylation is 1. The van der Waals surface area contributed by atoms with Crippen molar-refractivity contribution in [1.29, 1.82) is 0 Å². The molecule has 3 heteroatoms. The molecule has 0 radical (unpaired) electrons. The van der Waals surface area contributed by atoms with E-state index in [-0.39, 0.29) is 11.9 Å². The number of benzene rings is 1. The van der Waals surface area contributed by atoms with Gasteiger partial charge in [-0.25, -0.2) is 4.39 Å². The highest BCUT2D eigenvalue weighted by Gasteiger charge is 2.18. The van der Waals surface area contributed by atoms with E-state index in [1.165, 1.54) is 5.56 Å². The first-order valence-corrected chi connectivity index (χ1v) is 5.50. The Morgan fingerprint density at radius 3 is 3.00 bits per heavy atom. The molecule has 13 heavy (non-hydrogen) atoms. The number of nitrogens with two attached hydrogens (primary N) is 1. The molecule has 1 atom stereocenters. The van der Waals surface area contributed by atoms with Gasteiger partial charge in [-0.2, -0.15) is 0 Å². The van der Waals surface area contributed by atoms with Gasteiger partial charge in [0.1, 0.15) is 5.82 Å². The summed E-state index contributed by atoms with van der Waals surface area (Å²) in [6.07, 6.45) is 3.14. The summed E-state index contributed by atoms with van der Waals surface area (Å²) in [5.74, 6) is -0.142. The molecule has 0 amide bonds. The van der Waals surface area contributed by atoms with Crippen LogP contribution in [0.15, 0.2) is 12.1 Å². The van der Waals surface area contributed by atoms with Gasteiger partial charge in [0.2, 0.25) is 0 Å². The molecular formula is C10H11FIN. The Morgan fingerprint density at radius 2 is 2.23 bits per heavy atom. The van der Waals surface area contributed by atoms with Crippen LogP contribution in [-0.2, 0) is 6.42 Å². The summed E-state index contributed by atoms with van der Waals surface area (Å²) in [5, 5.41) is 0. The molecule has 1 aromatic rings. The average Bonchev–Trinajstić information content (AvgIpc) is 2.09. The van der Waals surface area contributed by atoms with Crippen LogP contribution in [0.25, 0.3) is 0 Å². The summed E-state index contributed by atoms with van der Waals surface area (Å²) >= 11 is 2.02. The molecule has 2 rings (SSSR count). The van der Waals surface area contributed by atoms with E-state index in [4.69, 9.17) is 5.73 Å². The van der Waals surface area contributed by atoms with Crippen molar-refractivity contribution in [2.24, 2.45) is 5.73 Å². The van der Waals surface area contributed by atoms with Crippen molar-refractivity contribution in [3.63, 3.8) is 0 Å². The summed E-state index contributed by atoms with van der Waals surface area (Å²) in [7, 11) is 0. The molecule has 1 aliphatic carbocycles. The van der Waals surface area contributed by atoms with Crippen LogP contribution < -0.4 is 5.73 Å². The molecule has 0 saturated carbocycles. The summed E-state index contributed by atoms with van der Waals surface area (Å²) in [5.41, 5.74) is 8.13. The van der Waals surface area contributed by atoms with Crippen molar-refractivity contribution >= 4 is 22.6 Å². The Hall–Kier alpha value is -0.160. The number of rotatable bonds is 0. The van der Waals surface area contributed by atoms with E-state index in [0.717, 1.165) is 24.8 Å². The van der Waals surface area contributed by atoms with Crippen LogP contribution >= 0.6 is 22.6 Å². The zero-order chi connectivity index (χ0) is 9.42. The predicted octanol–water partition coefficient (Wildman–Crippen LogP) is 2.77. The summed E-state index contributed by atoms with van der Waals surface area (Å²) in [6, 6.07) is 3.56. The van der Waals surface area contributed by atoms with E-state index in [0.29, 0.717) is 3.57 Å². The lowest BCUT2D eigenvalue weighted by molar-refractivity contribution is 0.555. The Bertz CT molecular complexity index is 338. The fourth-order valence-electron chi connectivity index (χ4n) is 1.83. The first-order chi connectivity index (χ1) is 6.18. The van der Waals surface area contributed by atoms with Gasteiger partial charge < -0.3 is 5.73 Å². The monoisotopic (exact) mass is 291 g/mol. The van der Waals surface area contributed by atoms with E-state index < -0.39 is 0 Å². The lowest BCUT2D eigenvalue weighted by atomic mass is 9.88. The van der Waals surface area contributed by atoms with Crippen LogP contribution in [0, 0.1) is 9.39 Å². The fourth-order valence-corrected chi connectivity index (χ4v) is 2.36. The molecular weight excluding hydrogens is 280 g/mol. The summed E-state index contributed by atoms with van der Waals surface area (Å²) < 4.78 is 13.9. The Labute approximate surface area is 90.7 Å². The van der Waals surface area contributed by atoms with Crippen LogP contribution in [0.5, 0.6) is 0 Å². The van der Waals surface area contributed by atoms with Gasteiger partial charge in [0.15, 0.2) is 0 Å². The van der Waals surface area contributed by atoms with Crippen molar-refractivity contribution in [3.8, 4) is 0 Å². The van der Waals surface area contributed by atoms with Crippen molar-refractivity contribution in [1.82, 2.24) is 0 Å². The molecule has 0 saturated heterocycles. The van der Waals surface area contributed by atoms with Gasteiger partial charge >= 0.3 is 0 Å². The van der Waals surface area contributed by atoms with Gasteiger partial charge in [0.25, 0.3) is 0 Å². The lowest BCUT2D eigenvalue weighted by Crippen LogP contribution is -2.17. The molecule has 1 aliphatic rings. The quantitative estimate of drug-likeness (QED) is 0.731. The highest BCUT2D eigenvalue weighted by atomic mass is 127. The van der Waals surface area contributed by atoms with Crippen LogP contribution in [-0.4, -0.2) is 0 Å². The van der Waals surface area contributed by atoms with Gasteiger partial charge in [-0.3, -0.25) is 0 Å². The normalized spacial score (nSPS) is 21.3. The van der Waals surface area contributed by atoms with Crippen molar-refractivity contribution < 1.29 is 4.39 Å². The van der Waals surface area contributed by atoms with E-state index >= 15 is 0 Å². The number of halogens is 2. The maximum absolute atomic E-state index is 13.2. The van der Waals surface area contributed by atoms with Gasteiger partial charge in [-0.05, 0) is 65.1 Å². The zero-order valence-electron chi connectivity index (χ0n) is 7.19. The topological polar surface area (TPSA) is 26.0 Å². The van der Waals surface area contributed by atoms with E-state index in [9.17, 15) is 4.39 Å². The first-order valence-electron chi connectivity index (χ1n) is 4.42. The first kappa shape index (κ1) is 9.40. The van der Waals surface area contributed by atoms with Crippen molar-refractivity contribution in [3.05, 3.63) is 32.6 Å². The summed E-state index contributed by atoms with van der Waals surface area (Å²) in [6.45, 7) is 0. The number of hydrogen-bond acceptors (Lipinski definition) is 1. The third-order valence-electron chi connectivity index (χ3n) is 2.54. The minimum absolute atomic E-state index is 0.0373. The highest BCUT2D eigenvalue weighted by Crippen LogP contribution is 2.30. The number of fused-ring (bicyclic) bond motifs is 1. The molecule has 0 unspecified atom stereocenters. The van der Waals surface area contributed by atoms with Gasteiger partial charge in [-0.15, -0.1) is 0 Å². The maximum atomic E-state index is 13.2.